The molecule has 7 heteroatoms. The summed E-state index contributed by atoms with van der Waals surface area (Å²) in [5, 5.41) is 3.52. The highest BCUT2D eigenvalue weighted by Crippen LogP contribution is 2.29. The molecule has 3 aromatic rings. The van der Waals surface area contributed by atoms with Crippen LogP contribution in [-0.4, -0.2) is 22.4 Å². The van der Waals surface area contributed by atoms with E-state index in [0.29, 0.717) is 39.2 Å². The number of carbonyl (C=O) groups excluding carboxylic acids is 1. The normalized spacial score (nSPS) is 18.2. The van der Waals surface area contributed by atoms with E-state index in [-0.39, 0.29) is 5.91 Å². The van der Waals surface area contributed by atoms with Gasteiger partial charge < -0.3 is 11.1 Å². The zero-order valence-corrected chi connectivity index (χ0v) is 17.2. The third kappa shape index (κ3) is 4.13. The highest BCUT2D eigenvalue weighted by molar-refractivity contribution is 7.93. The number of nitrogens with two attached hydrogens (primary N) is 1. The molecular weight excluding hydrogens is 406 g/mol. The Morgan fingerprint density at radius 3 is 2.34 bits per heavy atom. The van der Waals surface area contributed by atoms with E-state index in [0.717, 1.165) is 17.5 Å². The Labute approximate surface area is 175 Å². The number of hydrogen-bond acceptors (Lipinski definition) is 4. The maximum atomic E-state index is 12.7. The van der Waals surface area contributed by atoms with E-state index in [9.17, 15) is 9.00 Å². The van der Waals surface area contributed by atoms with Gasteiger partial charge in [-0.15, -0.1) is 0 Å². The average Bonchev–Trinajstić information content (AvgIpc) is 3.18. The maximum absolute atomic E-state index is 12.7. The van der Waals surface area contributed by atoms with Crippen molar-refractivity contribution in [3.05, 3.63) is 77.3 Å². The standard InChI is InChI=1S/C22H20ClN3O2S/c23-18-7-2-15(3-8-18)17-6-11-20(24)21(14-17)26-22(27)16-4-9-19(10-5-16)29(28)13-1-12-25-29/h2-11,14H,1,12-13,24H2,(H,26,27). The van der Waals surface area contributed by atoms with Gasteiger partial charge in [-0.2, -0.15) is 0 Å². The fraction of sp³-hybridized carbons (Fsp3) is 0.136. The third-order valence-electron chi connectivity index (χ3n) is 4.84. The molecule has 0 saturated heterocycles. The topological polar surface area (TPSA) is 84.5 Å². The van der Waals surface area contributed by atoms with Crippen LogP contribution in [0.4, 0.5) is 11.4 Å². The Morgan fingerprint density at radius 2 is 1.69 bits per heavy atom. The second-order valence-electron chi connectivity index (χ2n) is 6.84. The van der Waals surface area contributed by atoms with Gasteiger partial charge in [0.05, 0.1) is 21.1 Å². The first kappa shape index (κ1) is 19.5. The van der Waals surface area contributed by atoms with Crippen molar-refractivity contribution in [1.82, 2.24) is 0 Å². The molecule has 3 aromatic carbocycles. The van der Waals surface area contributed by atoms with Gasteiger partial charge in [-0.25, -0.2) is 8.57 Å². The molecule has 0 fully saturated rings. The predicted octanol–water partition coefficient (Wildman–Crippen LogP) is 5.07. The van der Waals surface area contributed by atoms with E-state index in [1.54, 1.807) is 30.3 Å². The number of rotatable bonds is 4. The number of carbonyl (C=O) groups is 1. The Morgan fingerprint density at radius 1 is 1.00 bits per heavy atom. The zero-order chi connectivity index (χ0) is 20.4. The van der Waals surface area contributed by atoms with Crippen molar-refractivity contribution in [1.29, 1.82) is 0 Å². The first-order chi connectivity index (χ1) is 13.9. The summed E-state index contributed by atoms with van der Waals surface area (Å²) >= 11 is 5.95. The lowest BCUT2D eigenvalue weighted by atomic mass is 10.0. The monoisotopic (exact) mass is 425 g/mol. The molecule has 1 amide bonds. The summed E-state index contributed by atoms with van der Waals surface area (Å²) in [6.45, 7) is 0.629. The zero-order valence-electron chi connectivity index (χ0n) is 15.6. The predicted molar refractivity (Wildman–Crippen MR) is 119 cm³/mol. The largest absolute Gasteiger partial charge is 0.397 e. The highest BCUT2D eigenvalue weighted by Gasteiger charge is 2.18. The molecular formula is C22H20ClN3O2S. The molecule has 1 heterocycles. The van der Waals surface area contributed by atoms with Gasteiger partial charge in [-0.1, -0.05) is 29.8 Å². The minimum absolute atomic E-state index is 0.283. The molecule has 5 nitrogen and oxygen atoms in total. The van der Waals surface area contributed by atoms with E-state index in [1.807, 2.05) is 36.4 Å². The fourth-order valence-electron chi connectivity index (χ4n) is 3.23. The number of hydrogen-bond donors (Lipinski definition) is 2. The molecule has 0 aliphatic carbocycles. The fourth-order valence-corrected chi connectivity index (χ4v) is 5.37. The second kappa shape index (κ2) is 7.89. The van der Waals surface area contributed by atoms with Crippen LogP contribution in [0.25, 0.3) is 11.1 Å². The van der Waals surface area contributed by atoms with Crippen molar-refractivity contribution in [2.75, 3.05) is 23.3 Å². The first-order valence-corrected chi connectivity index (χ1v) is 11.3. The molecule has 1 aliphatic rings. The first-order valence-electron chi connectivity index (χ1n) is 9.22. The summed E-state index contributed by atoms with van der Waals surface area (Å²) in [7, 11) is -2.32. The molecule has 29 heavy (non-hydrogen) atoms. The van der Waals surface area contributed by atoms with Crippen LogP contribution in [-0.2, 0) is 9.73 Å². The van der Waals surface area contributed by atoms with E-state index in [2.05, 4.69) is 9.68 Å². The summed E-state index contributed by atoms with van der Waals surface area (Å²) in [6, 6.07) is 19.7. The van der Waals surface area contributed by atoms with E-state index < -0.39 is 9.73 Å². The van der Waals surface area contributed by atoms with Crippen LogP contribution in [0.2, 0.25) is 5.02 Å². The van der Waals surface area contributed by atoms with E-state index >= 15 is 0 Å². The van der Waals surface area contributed by atoms with Crippen LogP contribution < -0.4 is 11.1 Å². The number of benzene rings is 3. The highest BCUT2D eigenvalue weighted by atomic mass is 35.5. The van der Waals surface area contributed by atoms with Gasteiger partial charge in [0, 0.05) is 27.8 Å². The quantitative estimate of drug-likeness (QED) is 0.572. The lowest BCUT2D eigenvalue weighted by molar-refractivity contribution is 0.102. The van der Waals surface area contributed by atoms with Crippen molar-refractivity contribution >= 4 is 38.6 Å². The third-order valence-corrected chi connectivity index (χ3v) is 7.55. The number of anilines is 2. The summed E-state index contributed by atoms with van der Waals surface area (Å²) in [5.74, 6) is 0.293. The number of halogens is 1. The van der Waals surface area contributed by atoms with Crippen LogP contribution in [0.5, 0.6) is 0 Å². The van der Waals surface area contributed by atoms with Gasteiger partial charge in [0.1, 0.15) is 0 Å². The molecule has 0 radical (unpaired) electrons. The summed E-state index contributed by atoms with van der Waals surface area (Å²) in [6.07, 6.45) is 0.838. The summed E-state index contributed by atoms with van der Waals surface area (Å²) in [4.78, 5) is 13.4. The lowest BCUT2D eigenvalue weighted by Crippen LogP contribution is -2.13. The second-order valence-corrected chi connectivity index (χ2v) is 9.69. The van der Waals surface area contributed by atoms with Crippen molar-refractivity contribution in [2.45, 2.75) is 11.3 Å². The van der Waals surface area contributed by atoms with Gasteiger partial charge in [0.2, 0.25) is 0 Å². The van der Waals surface area contributed by atoms with Crippen molar-refractivity contribution in [3.8, 4) is 11.1 Å². The molecule has 0 aromatic heterocycles. The lowest BCUT2D eigenvalue weighted by Gasteiger charge is -2.11. The molecule has 148 valence electrons. The Bertz CT molecular complexity index is 1180. The van der Waals surface area contributed by atoms with Crippen molar-refractivity contribution in [2.24, 2.45) is 4.36 Å². The molecule has 1 atom stereocenters. The van der Waals surface area contributed by atoms with Crippen LogP contribution in [0.3, 0.4) is 0 Å². The van der Waals surface area contributed by atoms with Gasteiger partial charge in [-0.05, 0) is 66.1 Å². The number of nitrogens with zero attached hydrogens (tertiary/aromatic N) is 1. The Balaban J connectivity index is 1.56. The summed E-state index contributed by atoms with van der Waals surface area (Å²) in [5.41, 5.74) is 9.41. The molecule has 0 bridgehead atoms. The van der Waals surface area contributed by atoms with Crippen LogP contribution in [0, 0.1) is 0 Å². The van der Waals surface area contributed by atoms with Gasteiger partial charge in [0.25, 0.3) is 5.91 Å². The summed E-state index contributed by atoms with van der Waals surface area (Å²) < 4.78 is 16.9. The molecule has 1 aliphatic heterocycles. The minimum atomic E-state index is -2.32. The van der Waals surface area contributed by atoms with Gasteiger partial charge in [-0.3, -0.25) is 4.79 Å². The molecule has 3 N–H and O–H groups in total. The van der Waals surface area contributed by atoms with Crippen molar-refractivity contribution in [3.63, 3.8) is 0 Å². The number of amides is 1. The maximum Gasteiger partial charge on any atom is 0.255 e. The van der Waals surface area contributed by atoms with E-state index in [4.69, 9.17) is 17.3 Å². The Hall–Kier alpha value is -2.83. The smallest absolute Gasteiger partial charge is 0.255 e. The van der Waals surface area contributed by atoms with Crippen LogP contribution >= 0.6 is 11.6 Å². The molecule has 4 rings (SSSR count). The minimum Gasteiger partial charge on any atom is -0.397 e. The average molecular weight is 426 g/mol. The van der Waals surface area contributed by atoms with Crippen molar-refractivity contribution < 1.29 is 9.00 Å². The van der Waals surface area contributed by atoms with Crippen LogP contribution in [0.15, 0.2) is 76.0 Å². The SMILES string of the molecule is Nc1ccc(-c2ccc(Cl)cc2)cc1NC(=O)c1ccc(S2(=O)=NCCC2)cc1. The number of nitrogen functional groups attached to an aromatic ring is 1. The molecule has 1 unspecified atom stereocenters. The van der Waals surface area contributed by atoms with E-state index in [1.165, 1.54) is 0 Å². The number of nitrogens with one attached hydrogen (secondary N) is 1. The Kier molecular flexibility index (Phi) is 5.30. The van der Waals surface area contributed by atoms with Gasteiger partial charge >= 0.3 is 0 Å². The molecule has 0 spiro atoms. The van der Waals surface area contributed by atoms with Crippen LogP contribution in [0.1, 0.15) is 16.8 Å². The molecule has 0 saturated carbocycles. The van der Waals surface area contributed by atoms with Gasteiger partial charge in [0.15, 0.2) is 0 Å².